The smallest absolute Gasteiger partial charge is 0.266 e. The first-order chi connectivity index (χ1) is 18.1. The number of allylic oxidation sites excluding steroid dienone is 3. The molecule has 1 N–H and O–H groups in total. The van der Waals surface area contributed by atoms with Gasteiger partial charge in [0.05, 0.1) is 11.4 Å². The average Bonchev–Trinajstić information content (AvgIpc) is 3.24. The number of aryl methyl sites for hydroxylation is 1. The summed E-state index contributed by atoms with van der Waals surface area (Å²) in [5.41, 5.74) is 3.37. The predicted octanol–water partition coefficient (Wildman–Crippen LogP) is 7.32. The van der Waals surface area contributed by atoms with Crippen LogP contribution >= 0.6 is 0 Å². The van der Waals surface area contributed by atoms with Crippen molar-refractivity contribution in [3.05, 3.63) is 121 Å². The molecule has 38 heavy (non-hydrogen) atoms. The molecule has 6 heteroatoms. The lowest BCUT2D eigenvalue weighted by atomic mass is 9.70. The SMILES string of the molecule is C=CCC(C)(C(=C)/C=C1\Oc2c(ccc3ccccc23)N1CCS(=O)(=O)O)c1c(C)ccc2ccccc12. The largest absolute Gasteiger partial charge is 0.438 e. The molecule has 4 aromatic rings. The first-order valence-electron chi connectivity index (χ1n) is 12.6. The van der Waals surface area contributed by atoms with Gasteiger partial charge in [0.1, 0.15) is 0 Å². The van der Waals surface area contributed by atoms with Crippen molar-refractivity contribution in [2.45, 2.75) is 25.7 Å². The quantitative estimate of drug-likeness (QED) is 0.193. The van der Waals surface area contributed by atoms with E-state index in [0.717, 1.165) is 38.4 Å². The minimum atomic E-state index is -4.18. The Hall–Kier alpha value is -3.87. The van der Waals surface area contributed by atoms with E-state index in [1.807, 2.05) is 60.7 Å². The normalized spacial score (nSPS) is 15.9. The Kier molecular flexibility index (Phi) is 6.63. The lowest BCUT2D eigenvalue weighted by Gasteiger charge is -2.33. The summed E-state index contributed by atoms with van der Waals surface area (Å²) in [4.78, 5) is 1.80. The molecule has 0 spiro atoms. The van der Waals surface area contributed by atoms with Crippen molar-refractivity contribution >= 4 is 37.4 Å². The molecule has 194 valence electrons. The highest BCUT2D eigenvalue weighted by Crippen LogP contribution is 2.46. The van der Waals surface area contributed by atoms with Gasteiger partial charge in [-0.15, -0.1) is 6.58 Å². The molecule has 0 bridgehead atoms. The molecule has 0 fully saturated rings. The summed E-state index contributed by atoms with van der Waals surface area (Å²) in [5, 5.41) is 4.24. The Morgan fingerprint density at radius 1 is 1.00 bits per heavy atom. The zero-order valence-corrected chi connectivity index (χ0v) is 22.5. The summed E-state index contributed by atoms with van der Waals surface area (Å²) >= 11 is 0. The fourth-order valence-electron chi connectivity index (χ4n) is 5.48. The van der Waals surface area contributed by atoms with Gasteiger partial charge in [-0.1, -0.05) is 86.3 Å². The summed E-state index contributed by atoms with van der Waals surface area (Å²) in [5.74, 6) is 0.696. The highest BCUT2D eigenvalue weighted by Gasteiger charge is 2.34. The maximum absolute atomic E-state index is 11.7. The molecule has 5 nitrogen and oxygen atoms in total. The van der Waals surface area contributed by atoms with E-state index >= 15 is 0 Å². The zero-order chi connectivity index (χ0) is 27.1. The van der Waals surface area contributed by atoms with Crippen molar-refractivity contribution in [1.82, 2.24) is 0 Å². The topological polar surface area (TPSA) is 66.8 Å². The Labute approximate surface area is 224 Å². The van der Waals surface area contributed by atoms with Crippen LogP contribution in [0.15, 0.2) is 110 Å². The third-order valence-electron chi connectivity index (χ3n) is 7.44. The maximum atomic E-state index is 11.7. The number of fused-ring (bicyclic) bond motifs is 4. The summed E-state index contributed by atoms with van der Waals surface area (Å²) in [6.45, 7) is 12.8. The van der Waals surface area contributed by atoms with Crippen LogP contribution in [0, 0.1) is 6.92 Å². The van der Waals surface area contributed by atoms with Gasteiger partial charge in [0.15, 0.2) is 5.75 Å². The van der Waals surface area contributed by atoms with Crippen LogP contribution < -0.4 is 9.64 Å². The van der Waals surface area contributed by atoms with Gasteiger partial charge < -0.3 is 9.64 Å². The van der Waals surface area contributed by atoms with E-state index in [0.29, 0.717) is 18.1 Å². The fraction of sp³-hybridized carbons (Fsp3) is 0.188. The van der Waals surface area contributed by atoms with Crippen molar-refractivity contribution in [3.8, 4) is 5.75 Å². The maximum Gasteiger partial charge on any atom is 0.266 e. The Morgan fingerprint density at radius 3 is 2.32 bits per heavy atom. The van der Waals surface area contributed by atoms with Gasteiger partial charge in [0, 0.05) is 23.4 Å². The van der Waals surface area contributed by atoms with Gasteiger partial charge in [0.2, 0.25) is 5.88 Å². The van der Waals surface area contributed by atoms with E-state index in [9.17, 15) is 13.0 Å². The van der Waals surface area contributed by atoms with E-state index in [1.165, 1.54) is 5.56 Å². The monoisotopic (exact) mass is 525 g/mol. The van der Waals surface area contributed by atoms with Crippen molar-refractivity contribution < 1.29 is 17.7 Å². The van der Waals surface area contributed by atoms with Crippen molar-refractivity contribution in [2.24, 2.45) is 0 Å². The first kappa shape index (κ1) is 25.8. The van der Waals surface area contributed by atoms with Gasteiger partial charge in [-0.25, -0.2) is 0 Å². The molecule has 0 radical (unpaired) electrons. The molecular formula is C32H31NO4S. The van der Waals surface area contributed by atoms with Crippen LogP contribution in [0.2, 0.25) is 0 Å². The van der Waals surface area contributed by atoms with E-state index in [4.69, 9.17) is 4.74 Å². The van der Waals surface area contributed by atoms with Gasteiger partial charge in [-0.3, -0.25) is 4.55 Å². The lowest BCUT2D eigenvalue weighted by Crippen LogP contribution is -2.29. The van der Waals surface area contributed by atoms with Crippen LogP contribution in [0.25, 0.3) is 21.5 Å². The second kappa shape index (κ2) is 9.78. The first-order valence-corrected chi connectivity index (χ1v) is 14.2. The number of ether oxygens (including phenoxy) is 1. The molecule has 1 atom stereocenters. The van der Waals surface area contributed by atoms with Crippen molar-refractivity contribution in [3.63, 3.8) is 0 Å². The van der Waals surface area contributed by atoms with Gasteiger partial charge in [-0.2, -0.15) is 8.42 Å². The van der Waals surface area contributed by atoms with Crippen LogP contribution in [0.4, 0.5) is 5.69 Å². The molecule has 1 heterocycles. The second-order valence-corrected chi connectivity index (χ2v) is 11.6. The van der Waals surface area contributed by atoms with Crippen molar-refractivity contribution in [2.75, 3.05) is 17.2 Å². The molecule has 1 unspecified atom stereocenters. The number of benzene rings is 4. The average molecular weight is 526 g/mol. The highest BCUT2D eigenvalue weighted by atomic mass is 32.2. The number of hydrogen-bond acceptors (Lipinski definition) is 4. The molecule has 0 saturated heterocycles. The summed E-state index contributed by atoms with van der Waals surface area (Å²) < 4.78 is 39.3. The summed E-state index contributed by atoms with van der Waals surface area (Å²) in [6.07, 6.45) is 4.44. The van der Waals surface area contributed by atoms with Crippen LogP contribution in [0.3, 0.4) is 0 Å². The fourth-order valence-corrected chi connectivity index (χ4v) is 5.89. The van der Waals surface area contributed by atoms with E-state index in [2.05, 4.69) is 51.3 Å². The standard InChI is InChI=1S/C32H31NO4S/c1-5-18-32(4,30-22(2)14-15-24-10-6-8-12-26(24)30)23(3)21-29-33(19-20-38(34,35)36)28-17-16-25-11-7-9-13-27(25)31(28)37-29/h5-17,21H,1,3,18-20H2,2,4H3,(H,34,35,36)/b29-21-. The number of rotatable bonds is 8. The summed E-state index contributed by atoms with van der Waals surface area (Å²) in [7, 11) is -4.18. The summed E-state index contributed by atoms with van der Waals surface area (Å²) in [6, 6.07) is 24.4. The van der Waals surface area contributed by atoms with Crippen LogP contribution in [-0.4, -0.2) is 25.3 Å². The molecular weight excluding hydrogens is 494 g/mol. The van der Waals surface area contributed by atoms with Crippen molar-refractivity contribution in [1.29, 1.82) is 0 Å². The third kappa shape index (κ3) is 4.62. The van der Waals surface area contributed by atoms with Gasteiger partial charge >= 0.3 is 0 Å². The Morgan fingerprint density at radius 2 is 1.63 bits per heavy atom. The minimum absolute atomic E-state index is 0.0365. The predicted molar refractivity (Wildman–Crippen MR) is 156 cm³/mol. The van der Waals surface area contributed by atoms with E-state index in [1.54, 1.807) is 4.90 Å². The van der Waals surface area contributed by atoms with E-state index < -0.39 is 21.3 Å². The Balaban J connectivity index is 1.64. The zero-order valence-electron chi connectivity index (χ0n) is 21.6. The molecule has 5 rings (SSSR count). The molecule has 0 aliphatic carbocycles. The molecule has 1 aliphatic rings. The number of anilines is 1. The molecule has 0 saturated carbocycles. The second-order valence-electron chi connectivity index (χ2n) is 9.99. The van der Waals surface area contributed by atoms with Crippen LogP contribution in [0.1, 0.15) is 24.5 Å². The molecule has 4 aromatic carbocycles. The number of hydrogen-bond donors (Lipinski definition) is 1. The lowest BCUT2D eigenvalue weighted by molar-refractivity contribution is 0.439. The minimum Gasteiger partial charge on any atom is -0.438 e. The Bertz CT molecular complexity index is 1720. The molecule has 0 aromatic heterocycles. The van der Waals surface area contributed by atoms with Crippen LogP contribution in [-0.2, 0) is 15.5 Å². The molecule has 0 amide bonds. The van der Waals surface area contributed by atoms with Gasteiger partial charge in [0.25, 0.3) is 10.1 Å². The molecule has 1 aliphatic heterocycles. The third-order valence-corrected chi connectivity index (χ3v) is 8.14. The highest BCUT2D eigenvalue weighted by molar-refractivity contribution is 7.85. The van der Waals surface area contributed by atoms with E-state index in [-0.39, 0.29) is 6.54 Å². The van der Waals surface area contributed by atoms with Crippen LogP contribution in [0.5, 0.6) is 5.75 Å². The van der Waals surface area contributed by atoms with Gasteiger partial charge in [-0.05, 0) is 52.3 Å². The number of nitrogens with zero attached hydrogens (tertiary/aromatic N) is 1.